The Morgan fingerprint density at radius 2 is 1.78 bits per heavy atom. The molecule has 1 aromatic rings. The lowest BCUT2D eigenvalue weighted by Crippen LogP contribution is -2.48. The smallest absolute Gasteiger partial charge is 0.252 e. The Balaban J connectivity index is 3.05. The molecule has 3 heteroatoms. The summed E-state index contributed by atoms with van der Waals surface area (Å²) in [7, 11) is 0. The molecule has 0 spiro atoms. The molecule has 2 N–H and O–H groups in total. The van der Waals surface area contributed by atoms with Crippen LogP contribution in [0.3, 0.4) is 0 Å². The zero-order chi connectivity index (χ0) is 13.9. The Morgan fingerprint density at radius 1 is 1.28 bits per heavy atom. The van der Waals surface area contributed by atoms with Gasteiger partial charge < -0.3 is 10.4 Å². The molecule has 0 fully saturated rings. The Bertz CT molecular complexity index is 425. The molecule has 0 aliphatic carbocycles. The van der Waals surface area contributed by atoms with Crippen LogP contribution in [0.1, 0.15) is 47.3 Å². The van der Waals surface area contributed by atoms with Gasteiger partial charge in [0.05, 0.1) is 12.1 Å². The number of hydrogen-bond donors (Lipinski definition) is 2. The summed E-state index contributed by atoms with van der Waals surface area (Å²) < 4.78 is 0. The molecule has 18 heavy (non-hydrogen) atoms. The van der Waals surface area contributed by atoms with E-state index < -0.39 is 5.54 Å². The second-order valence-corrected chi connectivity index (χ2v) is 5.30. The molecular formula is C15H23NO2. The van der Waals surface area contributed by atoms with Gasteiger partial charge in [-0.25, -0.2) is 0 Å². The molecule has 1 amide bonds. The van der Waals surface area contributed by atoms with Crippen LogP contribution >= 0.6 is 0 Å². The molecule has 0 saturated carbocycles. The van der Waals surface area contributed by atoms with Gasteiger partial charge in [0.1, 0.15) is 0 Å². The molecule has 0 saturated heterocycles. The monoisotopic (exact) mass is 249 g/mol. The third-order valence-electron chi connectivity index (χ3n) is 3.45. The summed E-state index contributed by atoms with van der Waals surface area (Å²) in [6.45, 7) is 9.65. The van der Waals surface area contributed by atoms with Gasteiger partial charge in [-0.15, -0.1) is 0 Å². The van der Waals surface area contributed by atoms with Crippen molar-refractivity contribution in [1.82, 2.24) is 5.32 Å². The second-order valence-electron chi connectivity index (χ2n) is 5.30. The van der Waals surface area contributed by atoms with Crippen molar-refractivity contribution in [3.63, 3.8) is 0 Å². The highest BCUT2D eigenvalue weighted by Crippen LogP contribution is 2.18. The maximum atomic E-state index is 12.3. The average Bonchev–Trinajstić information content (AvgIpc) is 2.27. The summed E-state index contributed by atoms with van der Waals surface area (Å²) >= 11 is 0. The van der Waals surface area contributed by atoms with E-state index in [2.05, 4.69) is 5.32 Å². The van der Waals surface area contributed by atoms with Crippen molar-refractivity contribution in [3.05, 3.63) is 34.4 Å². The number of aliphatic hydroxyl groups is 1. The van der Waals surface area contributed by atoms with Gasteiger partial charge in [0, 0.05) is 5.56 Å². The summed E-state index contributed by atoms with van der Waals surface area (Å²) in [5.41, 5.74) is 3.26. The number of hydrogen-bond acceptors (Lipinski definition) is 2. The summed E-state index contributed by atoms with van der Waals surface area (Å²) in [6, 6.07) is 4.01. The van der Waals surface area contributed by atoms with Gasteiger partial charge in [0.15, 0.2) is 0 Å². The molecule has 1 atom stereocenters. The highest BCUT2D eigenvalue weighted by atomic mass is 16.3. The highest BCUT2D eigenvalue weighted by molar-refractivity contribution is 5.97. The third kappa shape index (κ3) is 3.10. The Kier molecular flexibility index (Phi) is 4.52. The van der Waals surface area contributed by atoms with E-state index in [4.69, 9.17) is 0 Å². The van der Waals surface area contributed by atoms with Crippen molar-refractivity contribution < 1.29 is 9.90 Å². The Hall–Kier alpha value is -1.35. The topological polar surface area (TPSA) is 49.3 Å². The van der Waals surface area contributed by atoms with E-state index in [0.29, 0.717) is 12.0 Å². The first-order chi connectivity index (χ1) is 8.33. The number of aryl methyl sites for hydroxylation is 3. The Labute approximate surface area is 109 Å². The molecule has 1 rings (SSSR count). The van der Waals surface area contributed by atoms with E-state index in [9.17, 15) is 9.90 Å². The normalized spacial score (nSPS) is 14.1. The number of rotatable bonds is 4. The van der Waals surface area contributed by atoms with E-state index in [-0.39, 0.29) is 12.5 Å². The van der Waals surface area contributed by atoms with Crippen LogP contribution in [0, 0.1) is 20.8 Å². The molecular weight excluding hydrogens is 226 g/mol. The van der Waals surface area contributed by atoms with Gasteiger partial charge >= 0.3 is 0 Å². The van der Waals surface area contributed by atoms with Crippen molar-refractivity contribution in [2.75, 3.05) is 6.61 Å². The fraction of sp³-hybridized carbons (Fsp3) is 0.533. The Morgan fingerprint density at radius 3 is 2.17 bits per heavy atom. The standard InChI is InChI=1S/C15H23NO2/c1-6-15(5,9-17)16-14(18)13-11(3)7-10(2)8-12(13)4/h7-8,17H,6,9H2,1-5H3,(H,16,18). The van der Waals surface area contributed by atoms with Crippen molar-refractivity contribution >= 4 is 5.91 Å². The van der Waals surface area contributed by atoms with E-state index in [1.54, 1.807) is 0 Å². The van der Waals surface area contributed by atoms with Crippen molar-refractivity contribution in [2.45, 2.75) is 46.6 Å². The quantitative estimate of drug-likeness (QED) is 0.861. The first kappa shape index (κ1) is 14.7. The van der Waals surface area contributed by atoms with Gasteiger partial charge in [0.2, 0.25) is 0 Å². The predicted octanol–water partition coefficient (Wildman–Crippen LogP) is 2.50. The minimum absolute atomic E-state index is 0.0564. The molecule has 3 nitrogen and oxygen atoms in total. The van der Waals surface area contributed by atoms with Crippen molar-refractivity contribution in [3.8, 4) is 0 Å². The lowest BCUT2D eigenvalue weighted by atomic mass is 9.96. The average molecular weight is 249 g/mol. The predicted molar refractivity (Wildman–Crippen MR) is 73.9 cm³/mol. The van der Waals surface area contributed by atoms with Gasteiger partial charge in [-0.05, 0) is 45.2 Å². The van der Waals surface area contributed by atoms with E-state index in [1.165, 1.54) is 0 Å². The molecule has 0 bridgehead atoms. The minimum atomic E-state index is -0.555. The van der Waals surface area contributed by atoms with Crippen LogP contribution in [0.25, 0.3) is 0 Å². The van der Waals surface area contributed by atoms with Gasteiger partial charge in [0.25, 0.3) is 5.91 Å². The number of carbonyl (C=O) groups is 1. The number of carbonyl (C=O) groups excluding carboxylic acids is 1. The van der Waals surface area contributed by atoms with Crippen LogP contribution in [0.15, 0.2) is 12.1 Å². The van der Waals surface area contributed by atoms with Crippen molar-refractivity contribution in [2.24, 2.45) is 0 Å². The molecule has 100 valence electrons. The van der Waals surface area contributed by atoms with Crippen molar-refractivity contribution in [1.29, 1.82) is 0 Å². The lowest BCUT2D eigenvalue weighted by Gasteiger charge is -2.28. The van der Waals surface area contributed by atoms with Crippen LogP contribution < -0.4 is 5.32 Å². The zero-order valence-electron chi connectivity index (χ0n) is 11.9. The molecule has 1 unspecified atom stereocenters. The first-order valence-electron chi connectivity index (χ1n) is 6.34. The molecule has 0 radical (unpaired) electrons. The van der Waals surface area contributed by atoms with Crippen LogP contribution in [0.2, 0.25) is 0 Å². The molecule has 0 aromatic heterocycles. The van der Waals surface area contributed by atoms with E-state index in [1.807, 2.05) is 46.8 Å². The summed E-state index contributed by atoms with van der Waals surface area (Å²) in [6.07, 6.45) is 0.694. The maximum absolute atomic E-state index is 12.3. The summed E-state index contributed by atoms with van der Waals surface area (Å²) in [4.78, 5) is 12.3. The fourth-order valence-electron chi connectivity index (χ4n) is 2.11. The minimum Gasteiger partial charge on any atom is -0.394 e. The number of aliphatic hydroxyl groups excluding tert-OH is 1. The van der Waals surface area contributed by atoms with E-state index in [0.717, 1.165) is 16.7 Å². The molecule has 0 heterocycles. The van der Waals surface area contributed by atoms with Gasteiger partial charge in [-0.1, -0.05) is 24.6 Å². The number of amides is 1. The van der Waals surface area contributed by atoms with E-state index >= 15 is 0 Å². The summed E-state index contributed by atoms with van der Waals surface area (Å²) in [5.74, 6) is -0.108. The first-order valence-corrected chi connectivity index (χ1v) is 6.34. The van der Waals surface area contributed by atoms with Gasteiger partial charge in [-0.2, -0.15) is 0 Å². The fourth-order valence-corrected chi connectivity index (χ4v) is 2.11. The van der Waals surface area contributed by atoms with Crippen LogP contribution in [-0.4, -0.2) is 23.2 Å². The zero-order valence-corrected chi connectivity index (χ0v) is 11.9. The molecule has 1 aromatic carbocycles. The lowest BCUT2D eigenvalue weighted by molar-refractivity contribution is 0.0846. The third-order valence-corrected chi connectivity index (χ3v) is 3.45. The largest absolute Gasteiger partial charge is 0.394 e. The van der Waals surface area contributed by atoms with Crippen LogP contribution in [0.5, 0.6) is 0 Å². The van der Waals surface area contributed by atoms with Gasteiger partial charge in [-0.3, -0.25) is 4.79 Å². The SMILES string of the molecule is CCC(C)(CO)NC(=O)c1c(C)cc(C)cc1C. The second kappa shape index (κ2) is 5.53. The molecule has 0 aliphatic heterocycles. The van der Waals surface area contributed by atoms with Crippen LogP contribution in [-0.2, 0) is 0 Å². The summed E-state index contributed by atoms with van der Waals surface area (Å²) in [5, 5.41) is 12.3. The van der Waals surface area contributed by atoms with Crippen LogP contribution in [0.4, 0.5) is 0 Å². The number of nitrogens with one attached hydrogen (secondary N) is 1. The molecule has 0 aliphatic rings. The maximum Gasteiger partial charge on any atom is 0.252 e. The number of benzene rings is 1. The highest BCUT2D eigenvalue weighted by Gasteiger charge is 2.25.